The molecule has 5 nitrogen and oxygen atoms in total. The molecule has 0 aromatic heterocycles. The lowest BCUT2D eigenvalue weighted by Crippen LogP contribution is -2.51. The first-order chi connectivity index (χ1) is 9.09. The summed E-state index contributed by atoms with van der Waals surface area (Å²) in [5, 5.41) is 2.84. The summed E-state index contributed by atoms with van der Waals surface area (Å²) in [7, 11) is 0. The standard InChI is InChI=1S/C14H25N3O2.ClH/c1-10(14(19)17-8-3-2-4-9-17)16-13(18)11-6-5-7-12(11)15;/h10-12H,2-9,15H2,1H3,(H,16,18);1H. The molecule has 6 heteroatoms. The largest absolute Gasteiger partial charge is 0.344 e. The average Bonchev–Trinajstić information content (AvgIpc) is 2.85. The van der Waals surface area contributed by atoms with Gasteiger partial charge in [0.25, 0.3) is 0 Å². The first-order valence-corrected chi connectivity index (χ1v) is 7.44. The van der Waals surface area contributed by atoms with Crippen molar-refractivity contribution < 1.29 is 9.59 Å². The zero-order valence-corrected chi connectivity index (χ0v) is 13.0. The molecule has 1 saturated heterocycles. The first kappa shape index (κ1) is 17.2. The molecule has 2 aliphatic rings. The number of hydrogen-bond acceptors (Lipinski definition) is 3. The number of piperidine rings is 1. The van der Waals surface area contributed by atoms with Gasteiger partial charge in [-0.2, -0.15) is 0 Å². The van der Waals surface area contributed by atoms with Crippen LogP contribution in [-0.4, -0.2) is 41.9 Å². The molecule has 20 heavy (non-hydrogen) atoms. The van der Waals surface area contributed by atoms with Gasteiger partial charge in [0.2, 0.25) is 11.8 Å². The Morgan fingerprint density at radius 3 is 2.35 bits per heavy atom. The van der Waals surface area contributed by atoms with Crippen molar-refractivity contribution in [3.63, 3.8) is 0 Å². The second kappa shape index (κ2) is 7.84. The molecule has 3 atom stereocenters. The van der Waals surface area contributed by atoms with E-state index in [9.17, 15) is 9.59 Å². The highest BCUT2D eigenvalue weighted by Crippen LogP contribution is 2.24. The fourth-order valence-electron chi connectivity index (χ4n) is 3.08. The normalized spacial score (nSPS) is 27.6. The summed E-state index contributed by atoms with van der Waals surface area (Å²) in [5.74, 6) is -0.126. The summed E-state index contributed by atoms with van der Waals surface area (Å²) in [6, 6.07) is -0.476. The fourth-order valence-corrected chi connectivity index (χ4v) is 3.08. The number of hydrogen-bond donors (Lipinski definition) is 2. The van der Waals surface area contributed by atoms with Crippen molar-refractivity contribution in [2.75, 3.05) is 13.1 Å². The summed E-state index contributed by atoms with van der Waals surface area (Å²) in [6.07, 6.45) is 6.10. The molecule has 1 aliphatic carbocycles. The molecule has 0 bridgehead atoms. The second-order valence-corrected chi connectivity index (χ2v) is 5.82. The van der Waals surface area contributed by atoms with E-state index in [0.717, 1.165) is 45.2 Å². The maximum atomic E-state index is 12.2. The Kier molecular flexibility index (Phi) is 6.76. The van der Waals surface area contributed by atoms with E-state index < -0.39 is 6.04 Å². The van der Waals surface area contributed by atoms with Crippen LogP contribution in [0.25, 0.3) is 0 Å². The lowest BCUT2D eigenvalue weighted by Gasteiger charge is -2.30. The van der Waals surface area contributed by atoms with Crippen molar-refractivity contribution in [1.82, 2.24) is 10.2 Å². The Morgan fingerprint density at radius 1 is 1.15 bits per heavy atom. The van der Waals surface area contributed by atoms with Crippen LogP contribution in [0.1, 0.15) is 45.4 Å². The highest BCUT2D eigenvalue weighted by atomic mass is 35.5. The summed E-state index contributed by atoms with van der Waals surface area (Å²) < 4.78 is 0. The lowest BCUT2D eigenvalue weighted by atomic mass is 10.0. The maximum absolute atomic E-state index is 12.2. The zero-order valence-electron chi connectivity index (χ0n) is 12.1. The number of nitrogens with zero attached hydrogens (tertiary/aromatic N) is 1. The van der Waals surface area contributed by atoms with Crippen molar-refractivity contribution in [1.29, 1.82) is 0 Å². The van der Waals surface area contributed by atoms with E-state index in [1.54, 1.807) is 6.92 Å². The zero-order chi connectivity index (χ0) is 13.8. The number of nitrogens with one attached hydrogen (secondary N) is 1. The van der Waals surface area contributed by atoms with Crippen LogP contribution in [0.5, 0.6) is 0 Å². The molecule has 116 valence electrons. The molecule has 2 amide bonds. The molecule has 3 N–H and O–H groups in total. The van der Waals surface area contributed by atoms with Crippen LogP contribution in [0.2, 0.25) is 0 Å². The SMILES string of the molecule is CC(NC(=O)C1CCCC1N)C(=O)N1CCCCC1.Cl. The molecule has 2 fully saturated rings. The Balaban J connectivity index is 0.00000200. The Hall–Kier alpha value is -0.810. The Labute approximate surface area is 127 Å². The fraction of sp³-hybridized carbons (Fsp3) is 0.857. The monoisotopic (exact) mass is 303 g/mol. The summed E-state index contributed by atoms with van der Waals surface area (Å²) in [5.41, 5.74) is 5.92. The third-order valence-corrected chi connectivity index (χ3v) is 4.30. The minimum absolute atomic E-state index is 0. The summed E-state index contributed by atoms with van der Waals surface area (Å²) in [6.45, 7) is 3.42. The van der Waals surface area contributed by atoms with Gasteiger partial charge in [-0.05, 0) is 39.0 Å². The van der Waals surface area contributed by atoms with Gasteiger partial charge in [0.05, 0.1) is 5.92 Å². The predicted octanol–water partition coefficient (Wildman–Crippen LogP) is 1.05. The minimum Gasteiger partial charge on any atom is -0.344 e. The lowest BCUT2D eigenvalue weighted by molar-refractivity contribution is -0.137. The van der Waals surface area contributed by atoms with Gasteiger partial charge < -0.3 is 16.0 Å². The number of carbonyl (C=O) groups is 2. The highest BCUT2D eigenvalue weighted by Gasteiger charge is 2.32. The van der Waals surface area contributed by atoms with Crippen molar-refractivity contribution >= 4 is 24.2 Å². The molecule has 2 rings (SSSR count). The van der Waals surface area contributed by atoms with Crippen molar-refractivity contribution in [3.8, 4) is 0 Å². The molecule has 0 aromatic carbocycles. The number of nitrogens with two attached hydrogens (primary N) is 1. The van der Waals surface area contributed by atoms with Crippen LogP contribution in [0.15, 0.2) is 0 Å². The van der Waals surface area contributed by atoms with Gasteiger partial charge >= 0.3 is 0 Å². The van der Waals surface area contributed by atoms with Crippen LogP contribution in [0, 0.1) is 5.92 Å². The topological polar surface area (TPSA) is 75.4 Å². The van der Waals surface area contributed by atoms with Crippen molar-refractivity contribution in [2.24, 2.45) is 11.7 Å². The van der Waals surface area contributed by atoms with Gasteiger partial charge in [-0.15, -0.1) is 12.4 Å². The smallest absolute Gasteiger partial charge is 0.244 e. The molecule has 1 heterocycles. The van der Waals surface area contributed by atoms with Crippen LogP contribution in [0.4, 0.5) is 0 Å². The number of carbonyl (C=O) groups excluding carboxylic acids is 2. The molecule has 3 unspecified atom stereocenters. The molecule has 0 spiro atoms. The molecule has 0 aromatic rings. The minimum atomic E-state index is -0.432. The summed E-state index contributed by atoms with van der Waals surface area (Å²) in [4.78, 5) is 26.2. The van der Waals surface area contributed by atoms with Gasteiger partial charge in [-0.3, -0.25) is 9.59 Å². The quantitative estimate of drug-likeness (QED) is 0.818. The van der Waals surface area contributed by atoms with Crippen LogP contribution >= 0.6 is 12.4 Å². The van der Waals surface area contributed by atoms with E-state index in [0.29, 0.717) is 0 Å². The van der Waals surface area contributed by atoms with Crippen LogP contribution < -0.4 is 11.1 Å². The highest BCUT2D eigenvalue weighted by molar-refractivity contribution is 5.88. The first-order valence-electron chi connectivity index (χ1n) is 7.44. The van der Waals surface area contributed by atoms with E-state index in [2.05, 4.69) is 5.32 Å². The molecule has 1 saturated carbocycles. The van der Waals surface area contributed by atoms with E-state index in [4.69, 9.17) is 5.73 Å². The third-order valence-electron chi connectivity index (χ3n) is 4.30. The number of likely N-dealkylation sites (tertiary alicyclic amines) is 1. The van der Waals surface area contributed by atoms with E-state index in [-0.39, 0.29) is 36.2 Å². The second-order valence-electron chi connectivity index (χ2n) is 5.82. The average molecular weight is 304 g/mol. The van der Waals surface area contributed by atoms with Crippen LogP contribution in [0.3, 0.4) is 0 Å². The molecule has 1 aliphatic heterocycles. The van der Waals surface area contributed by atoms with Crippen molar-refractivity contribution in [3.05, 3.63) is 0 Å². The van der Waals surface area contributed by atoms with Crippen molar-refractivity contribution in [2.45, 2.75) is 57.5 Å². The Bertz CT molecular complexity index is 345. The van der Waals surface area contributed by atoms with Gasteiger partial charge in [0.15, 0.2) is 0 Å². The molecular formula is C14H26ClN3O2. The van der Waals surface area contributed by atoms with Gasteiger partial charge in [0.1, 0.15) is 6.04 Å². The van der Waals surface area contributed by atoms with E-state index in [1.807, 2.05) is 4.90 Å². The van der Waals surface area contributed by atoms with Gasteiger partial charge in [0, 0.05) is 19.1 Å². The third kappa shape index (κ3) is 4.09. The number of halogens is 1. The number of rotatable bonds is 3. The van der Waals surface area contributed by atoms with Gasteiger partial charge in [-0.1, -0.05) is 6.42 Å². The summed E-state index contributed by atoms with van der Waals surface area (Å²) >= 11 is 0. The van der Waals surface area contributed by atoms with Gasteiger partial charge in [-0.25, -0.2) is 0 Å². The van der Waals surface area contributed by atoms with E-state index >= 15 is 0 Å². The number of amides is 2. The predicted molar refractivity (Wildman–Crippen MR) is 80.6 cm³/mol. The van der Waals surface area contributed by atoms with Crippen LogP contribution in [-0.2, 0) is 9.59 Å². The molecule has 0 radical (unpaired) electrons. The molecular weight excluding hydrogens is 278 g/mol. The Morgan fingerprint density at radius 2 is 1.80 bits per heavy atom. The maximum Gasteiger partial charge on any atom is 0.244 e. The van der Waals surface area contributed by atoms with E-state index in [1.165, 1.54) is 6.42 Å².